The Balaban J connectivity index is 0.000000212. The van der Waals surface area contributed by atoms with Gasteiger partial charge in [0.1, 0.15) is 0 Å². The average Bonchev–Trinajstić information content (AvgIpc) is 3.24. The zero-order valence-corrected chi connectivity index (χ0v) is 17.4. The zero-order valence-electron chi connectivity index (χ0n) is 17.4. The molecule has 2 aliphatic rings. The van der Waals surface area contributed by atoms with Gasteiger partial charge < -0.3 is 15.2 Å². The Morgan fingerprint density at radius 2 is 2.03 bits per heavy atom. The molecule has 0 aromatic carbocycles. The van der Waals surface area contributed by atoms with Gasteiger partial charge in [0.2, 0.25) is 0 Å². The van der Waals surface area contributed by atoms with E-state index in [4.69, 9.17) is 10.5 Å². The molecule has 1 atom stereocenters. The predicted octanol–water partition coefficient (Wildman–Crippen LogP) is 3.73. The first-order valence-corrected chi connectivity index (χ1v) is 10.0. The van der Waals surface area contributed by atoms with Crippen molar-refractivity contribution in [1.29, 1.82) is 0 Å². The maximum atomic E-state index is 12.2. The van der Waals surface area contributed by atoms with Gasteiger partial charge in [-0.05, 0) is 44.9 Å². The normalized spacial score (nSPS) is 20.0. The van der Waals surface area contributed by atoms with Gasteiger partial charge in [-0.3, -0.25) is 9.58 Å². The van der Waals surface area contributed by atoms with E-state index < -0.39 is 12.1 Å². The molecule has 30 heavy (non-hydrogen) atoms. The predicted molar refractivity (Wildman–Crippen MR) is 107 cm³/mol. The number of nitrogens with zero attached hydrogens (tertiary/aromatic N) is 4. The summed E-state index contributed by atoms with van der Waals surface area (Å²) in [7, 11) is 0. The second kappa shape index (κ2) is 9.22. The fourth-order valence-electron chi connectivity index (χ4n) is 3.32. The number of aromatic nitrogens is 3. The molecule has 7 nitrogen and oxygen atoms in total. The lowest BCUT2D eigenvalue weighted by atomic mass is 10.2. The van der Waals surface area contributed by atoms with Crippen LogP contribution in [0.4, 0.5) is 19.0 Å². The molecule has 4 heterocycles. The summed E-state index contributed by atoms with van der Waals surface area (Å²) in [6.07, 6.45) is -0.339. The average molecular weight is 427 g/mol. The van der Waals surface area contributed by atoms with E-state index in [1.165, 1.54) is 31.8 Å². The quantitative estimate of drug-likeness (QED) is 0.801. The van der Waals surface area contributed by atoms with E-state index in [1.807, 2.05) is 13.8 Å². The highest BCUT2D eigenvalue weighted by atomic mass is 19.4. The molecule has 1 unspecified atom stereocenters. The number of halogens is 3. The lowest BCUT2D eigenvalue weighted by Gasteiger charge is -2.34. The van der Waals surface area contributed by atoms with Gasteiger partial charge >= 0.3 is 6.36 Å². The van der Waals surface area contributed by atoms with E-state index in [0.29, 0.717) is 11.3 Å². The number of rotatable bonds is 4. The Morgan fingerprint density at radius 1 is 1.30 bits per heavy atom. The molecule has 0 radical (unpaired) electrons. The van der Waals surface area contributed by atoms with Crippen LogP contribution in [0.1, 0.15) is 33.2 Å². The van der Waals surface area contributed by atoms with E-state index in [9.17, 15) is 13.2 Å². The fourth-order valence-corrected chi connectivity index (χ4v) is 3.32. The molecular formula is C20H28F3N5O2. The number of likely N-dealkylation sites (tertiary alicyclic amines) is 1. The third-order valence-corrected chi connectivity index (χ3v) is 5.13. The van der Waals surface area contributed by atoms with E-state index in [-0.39, 0.29) is 11.9 Å². The van der Waals surface area contributed by atoms with Crippen LogP contribution in [-0.4, -0.2) is 58.4 Å². The van der Waals surface area contributed by atoms with Crippen LogP contribution in [-0.2, 0) is 4.74 Å². The minimum Gasteiger partial charge on any atom is -0.402 e. The molecule has 0 amide bonds. The molecule has 0 spiro atoms. The van der Waals surface area contributed by atoms with Gasteiger partial charge in [0.05, 0.1) is 24.9 Å². The molecule has 0 aliphatic carbocycles. The lowest BCUT2D eigenvalue weighted by Crippen LogP contribution is -2.47. The van der Waals surface area contributed by atoms with Gasteiger partial charge in [-0.15, -0.1) is 13.2 Å². The van der Waals surface area contributed by atoms with Gasteiger partial charge in [-0.1, -0.05) is 6.92 Å². The number of hydrogen-bond acceptors (Lipinski definition) is 6. The Bertz CT molecular complexity index is 836. The van der Waals surface area contributed by atoms with Gasteiger partial charge in [-0.25, -0.2) is 4.98 Å². The first kappa shape index (κ1) is 22.4. The molecule has 0 saturated carbocycles. The van der Waals surface area contributed by atoms with Gasteiger partial charge in [0.25, 0.3) is 0 Å². The lowest BCUT2D eigenvalue weighted by molar-refractivity contribution is -0.274. The number of hydrogen-bond donors (Lipinski definition) is 1. The summed E-state index contributed by atoms with van der Waals surface area (Å²) < 4.78 is 47.4. The largest absolute Gasteiger partial charge is 0.573 e. The summed E-state index contributed by atoms with van der Waals surface area (Å²) in [5.41, 5.74) is 6.27. The van der Waals surface area contributed by atoms with Crippen LogP contribution in [0.2, 0.25) is 0 Å². The highest BCUT2D eigenvalue weighted by Crippen LogP contribution is 2.30. The van der Waals surface area contributed by atoms with Crippen molar-refractivity contribution in [3.63, 3.8) is 0 Å². The van der Waals surface area contributed by atoms with Crippen LogP contribution in [0.25, 0.3) is 11.3 Å². The minimum absolute atomic E-state index is 0.149. The van der Waals surface area contributed by atoms with Crippen molar-refractivity contribution in [2.45, 2.75) is 45.6 Å². The van der Waals surface area contributed by atoms with Crippen LogP contribution in [0.5, 0.6) is 5.75 Å². The Kier molecular flexibility index (Phi) is 6.87. The number of anilines is 1. The Morgan fingerprint density at radius 3 is 2.53 bits per heavy atom. The first-order chi connectivity index (χ1) is 14.1. The maximum absolute atomic E-state index is 12.2. The van der Waals surface area contributed by atoms with Gasteiger partial charge in [0, 0.05) is 30.5 Å². The van der Waals surface area contributed by atoms with Crippen LogP contribution in [0.3, 0.4) is 0 Å². The second-order valence-electron chi connectivity index (χ2n) is 8.01. The van der Waals surface area contributed by atoms with Gasteiger partial charge in [0.15, 0.2) is 11.6 Å². The SMILES string of the molecule is CC(C)n1ccc(-c2cnc(N)c(OC(F)(F)F)c2)n1.CC1CCN(C2COC2)C1. The van der Waals surface area contributed by atoms with Gasteiger partial charge in [-0.2, -0.15) is 5.10 Å². The maximum Gasteiger partial charge on any atom is 0.573 e. The zero-order chi connectivity index (χ0) is 21.9. The monoisotopic (exact) mass is 427 g/mol. The van der Waals surface area contributed by atoms with E-state index in [2.05, 4.69) is 26.6 Å². The second-order valence-corrected chi connectivity index (χ2v) is 8.01. The van der Waals surface area contributed by atoms with E-state index in [0.717, 1.165) is 25.2 Å². The molecule has 2 N–H and O–H groups in total. The summed E-state index contributed by atoms with van der Waals surface area (Å²) in [6, 6.07) is 3.77. The minimum atomic E-state index is -4.81. The van der Waals surface area contributed by atoms with Crippen LogP contribution >= 0.6 is 0 Å². The van der Waals surface area contributed by atoms with Crippen molar-refractivity contribution in [2.24, 2.45) is 5.92 Å². The molecule has 0 bridgehead atoms. The van der Waals surface area contributed by atoms with E-state index >= 15 is 0 Å². The number of nitrogens with two attached hydrogens (primary N) is 1. The highest BCUT2D eigenvalue weighted by molar-refractivity contribution is 5.63. The van der Waals surface area contributed by atoms with Crippen molar-refractivity contribution in [3.05, 3.63) is 24.5 Å². The first-order valence-electron chi connectivity index (χ1n) is 10.0. The van der Waals surface area contributed by atoms with Crippen molar-refractivity contribution in [2.75, 3.05) is 32.0 Å². The molecule has 10 heteroatoms. The molecular weight excluding hydrogens is 399 g/mol. The van der Waals surface area contributed by atoms with Crippen molar-refractivity contribution in [1.82, 2.24) is 19.7 Å². The Labute approximate surface area is 174 Å². The molecule has 166 valence electrons. The molecule has 4 rings (SSSR count). The third-order valence-electron chi connectivity index (χ3n) is 5.13. The summed E-state index contributed by atoms with van der Waals surface area (Å²) in [5.74, 6) is 0.0593. The molecule has 2 saturated heterocycles. The topological polar surface area (TPSA) is 78.4 Å². The molecule has 2 fully saturated rings. The van der Waals surface area contributed by atoms with Crippen LogP contribution in [0.15, 0.2) is 24.5 Å². The number of ether oxygens (including phenoxy) is 2. The summed E-state index contributed by atoms with van der Waals surface area (Å²) in [6.45, 7) is 10.8. The number of nitrogen functional groups attached to an aromatic ring is 1. The molecule has 2 aromatic heterocycles. The Hall–Kier alpha value is -2.33. The van der Waals surface area contributed by atoms with Crippen molar-refractivity contribution in [3.8, 4) is 17.0 Å². The third kappa shape index (κ3) is 5.85. The van der Waals surface area contributed by atoms with Crippen molar-refractivity contribution < 1.29 is 22.6 Å². The number of pyridine rings is 1. The van der Waals surface area contributed by atoms with Crippen LogP contribution in [0, 0.1) is 5.92 Å². The smallest absolute Gasteiger partial charge is 0.402 e. The van der Waals surface area contributed by atoms with Crippen LogP contribution < -0.4 is 10.5 Å². The molecule has 2 aromatic rings. The highest BCUT2D eigenvalue weighted by Gasteiger charge is 2.32. The fraction of sp³-hybridized carbons (Fsp3) is 0.600. The standard InChI is InChI=1S/C12H13F3N4O.C8H15NO/c1-7(2)19-4-3-9(18-19)8-5-10(11(16)17-6-8)20-12(13,14)15;1-7-2-3-9(4-7)8-5-10-6-8/h3-7H,1-2H3,(H2,16,17);7-8H,2-6H2,1H3. The van der Waals surface area contributed by atoms with Crippen molar-refractivity contribution >= 4 is 5.82 Å². The number of alkyl halides is 3. The summed E-state index contributed by atoms with van der Waals surface area (Å²) >= 11 is 0. The summed E-state index contributed by atoms with van der Waals surface area (Å²) in [5, 5.41) is 4.25. The van der Waals surface area contributed by atoms with E-state index in [1.54, 1.807) is 16.9 Å². The molecule has 2 aliphatic heterocycles. The summed E-state index contributed by atoms with van der Waals surface area (Å²) in [4.78, 5) is 6.26.